The van der Waals surface area contributed by atoms with Gasteiger partial charge in [0.2, 0.25) is 5.75 Å². The number of ether oxygens (including phenoxy) is 3. The van der Waals surface area contributed by atoms with Gasteiger partial charge < -0.3 is 14.2 Å². The van der Waals surface area contributed by atoms with Crippen molar-refractivity contribution in [2.24, 2.45) is 22.2 Å². The second kappa shape index (κ2) is 8.46. The highest BCUT2D eigenvalue weighted by molar-refractivity contribution is 8.14. The molecule has 0 bridgehead atoms. The number of rotatable bonds is 7. The molecule has 148 valence electrons. The van der Waals surface area contributed by atoms with Crippen molar-refractivity contribution < 1.29 is 14.2 Å². The predicted molar refractivity (Wildman–Crippen MR) is 116 cm³/mol. The van der Waals surface area contributed by atoms with E-state index in [0.29, 0.717) is 21.9 Å². The first kappa shape index (κ1) is 20.6. The second-order valence-corrected chi connectivity index (χ2v) is 7.61. The van der Waals surface area contributed by atoms with Gasteiger partial charge in [0, 0.05) is 16.2 Å². The lowest BCUT2D eigenvalue weighted by Crippen LogP contribution is -2.62. The van der Waals surface area contributed by atoms with Crippen LogP contribution >= 0.6 is 24.0 Å². The molecule has 2 aromatic rings. The van der Waals surface area contributed by atoms with Crippen LogP contribution in [0, 0.1) is 0 Å². The van der Waals surface area contributed by atoms with Gasteiger partial charge in [0.15, 0.2) is 11.5 Å². The van der Waals surface area contributed by atoms with Crippen LogP contribution < -0.4 is 31.4 Å². The van der Waals surface area contributed by atoms with Crippen LogP contribution in [0.4, 0.5) is 0 Å². The smallest absolute Gasteiger partial charge is 0.271 e. The molecule has 0 fully saturated rings. The molecule has 1 atom stereocenters. The summed E-state index contributed by atoms with van der Waals surface area (Å²) in [6, 6.07) is 13.3. The average Bonchev–Trinajstić information content (AvgIpc) is 3.16. The van der Waals surface area contributed by atoms with Gasteiger partial charge in [0.05, 0.1) is 25.3 Å². The fourth-order valence-electron chi connectivity index (χ4n) is 2.78. The third-order valence-electron chi connectivity index (χ3n) is 3.99. The lowest BCUT2D eigenvalue weighted by atomic mass is 10.1. The van der Waals surface area contributed by atoms with Crippen molar-refractivity contribution in [3.8, 4) is 17.2 Å². The fourth-order valence-corrected chi connectivity index (χ4v) is 4.20. The van der Waals surface area contributed by atoms with Gasteiger partial charge in [0.1, 0.15) is 0 Å². The van der Waals surface area contributed by atoms with Crippen LogP contribution in [0.5, 0.6) is 17.2 Å². The number of nitrogens with two attached hydrogens (primary N) is 3. The number of hydrogen-bond acceptors (Lipinski definition) is 9. The van der Waals surface area contributed by atoms with Crippen LogP contribution in [0.25, 0.3) is 0 Å². The molecule has 1 aliphatic heterocycles. The fraction of sp³-hybridized carbons (Fsp3) is 0.263. The summed E-state index contributed by atoms with van der Waals surface area (Å²) in [6.45, 7) is 0. The zero-order valence-electron chi connectivity index (χ0n) is 15.5. The molecule has 0 amide bonds. The molecule has 0 spiro atoms. The number of methoxy groups -OCH3 is 2. The SMILES string of the molecule is COc1cc(C(=S)C2CSC(c3ccccc3)=N2)cc(OC(N)(N)N)c1OC. The van der Waals surface area contributed by atoms with Gasteiger partial charge in [-0.2, -0.15) is 0 Å². The van der Waals surface area contributed by atoms with E-state index >= 15 is 0 Å². The highest BCUT2D eigenvalue weighted by Gasteiger charge is 2.27. The summed E-state index contributed by atoms with van der Waals surface area (Å²) < 4.78 is 16.2. The molecule has 2 aromatic carbocycles. The molecule has 0 saturated heterocycles. The highest BCUT2D eigenvalue weighted by Crippen LogP contribution is 2.40. The van der Waals surface area contributed by atoms with E-state index in [1.54, 1.807) is 23.9 Å². The van der Waals surface area contributed by atoms with E-state index in [1.165, 1.54) is 14.2 Å². The van der Waals surface area contributed by atoms with E-state index in [2.05, 4.69) is 0 Å². The van der Waals surface area contributed by atoms with E-state index in [4.69, 9.17) is 48.6 Å². The van der Waals surface area contributed by atoms with Crippen LogP contribution in [-0.2, 0) is 0 Å². The molecule has 6 N–H and O–H groups in total. The summed E-state index contributed by atoms with van der Waals surface area (Å²) >= 11 is 7.38. The molecule has 0 aromatic heterocycles. The van der Waals surface area contributed by atoms with E-state index in [9.17, 15) is 0 Å². The molecule has 0 aliphatic carbocycles. The Hall–Kier alpha value is -2.17. The van der Waals surface area contributed by atoms with Gasteiger partial charge in [0.25, 0.3) is 5.97 Å². The van der Waals surface area contributed by atoms with Gasteiger partial charge in [-0.15, -0.1) is 11.8 Å². The Morgan fingerprint density at radius 3 is 2.39 bits per heavy atom. The number of aliphatic imine (C=N–C) groups is 1. The Balaban J connectivity index is 1.93. The van der Waals surface area contributed by atoms with Crippen LogP contribution in [0.3, 0.4) is 0 Å². The van der Waals surface area contributed by atoms with Crippen molar-refractivity contribution in [3.63, 3.8) is 0 Å². The van der Waals surface area contributed by atoms with Crippen molar-refractivity contribution in [2.75, 3.05) is 20.0 Å². The van der Waals surface area contributed by atoms with Gasteiger partial charge in [-0.1, -0.05) is 42.5 Å². The first-order valence-electron chi connectivity index (χ1n) is 8.44. The van der Waals surface area contributed by atoms with Crippen LogP contribution in [-0.4, -0.2) is 41.9 Å². The largest absolute Gasteiger partial charge is 0.493 e. The summed E-state index contributed by atoms with van der Waals surface area (Å²) in [5.41, 5.74) is 18.6. The van der Waals surface area contributed by atoms with Crippen LogP contribution in [0.2, 0.25) is 0 Å². The molecule has 3 rings (SSSR count). The summed E-state index contributed by atoms with van der Waals surface area (Å²) in [6.07, 6.45) is 0. The molecule has 7 nitrogen and oxygen atoms in total. The summed E-state index contributed by atoms with van der Waals surface area (Å²) in [5.74, 6) is -0.124. The molecule has 9 heteroatoms. The standard InChI is InChI=1S/C19H22N4O3S2/c1-24-14-8-12(9-15(16(14)25-2)26-19(20,21)22)17(27)13-10-28-18(23-13)11-6-4-3-5-7-11/h3-9,13H,10,20-22H2,1-2H3. The van der Waals surface area contributed by atoms with E-state index in [1.807, 2.05) is 30.3 Å². The third kappa shape index (κ3) is 4.62. The average molecular weight is 419 g/mol. The summed E-state index contributed by atoms with van der Waals surface area (Å²) in [5, 5.41) is 0.967. The minimum atomic E-state index is -1.87. The predicted octanol–water partition coefficient (Wildman–Crippen LogP) is 1.85. The van der Waals surface area contributed by atoms with Gasteiger partial charge >= 0.3 is 0 Å². The molecular weight excluding hydrogens is 396 g/mol. The van der Waals surface area contributed by atoms with Gasteiger partial charge in [-0.25, -0.2) is 0 Å². The lowest BCUT2D eigenvalue weighted by molar-refractivity contribution is 0.0855. The number of benzene rings is 2. The molecule has 28 heavy (non-hydrogen) atoms. The molecule has 1 aliphatic rings. The Morgan fingerprint density at radius 2 is 1.79 bits per heavy atom. The van der Waals surface area contributed by atoms with Crippen molar-refractivity contribution in [1.29, 1.82) is 0 Å². The minimum absolute atomic E-state index is 0.153. The van der Waals surface area contributed by atoms with Crippen molar-refractivity contribution in [2.45, 2.75) is 12.0 Å². The molecule has 1 heterocycles. The first-order valence-corrected chi connectivity index (χ1v) is 9.83. The first-order chi connectivity index (χ1) is 13.3. The zero-order chi connectivity index (χ0) is 20.3. The minimum Gasteiger partial charge on any atom is -0.493 e. The number of nitrogens with zero attached hydrogens (tertiary/aromatic N) is 1. The summed E-state index contributed by atoms with van der Waals surface area (Å²) in [7, 11) is 3.00. The van der Waals surface area contributed by atoms with E-state index in [-0.39, 0.29) is 11.8 Å². The lowest BCUT2D eigenvalue weighted by Gasteiger charge is -2.23. The zero-order valence-corrected chi connectivity index (χ0v) is 17.2. The molecule has 1 unspecified atom stereocenters. The Bertz CT molecular complexity index is 898. The normalized spacial score (nSPS) is 16.5. The molecule has 0 saturated carbocycles. The quantitative estimate of drug-likeness (QED) is 0.354. The van der Waals surface area contributed by atoms with Gasteiger partial charge in [-0.3, -0.25) is 22.2 Å². The maximum Gasteiger partial charge on any atom is 0.271 e. The molecule has 0 radical (unpaired) electrons. The Kier molecular flexibility index (Phi) is 6.21. The maximum absolute atomic E-state index is 5.71. The van der Waals surface area contributed by atoms with E-state index < -0.39 is 5.97 Å². The number of thioether (sulfide) groups is 1. The third-order valence-corrected chi connectivity index (χ3v) is 5.60. The topological polar surface area (TPSA) is 118 Å². The van der Waals surface area contributed by atoms with Crippen molar-refractivity contribution >= 4 is 33.9 Å². The van der Waals surface area contributed by atoms with Crippen molar-refractivity contribution in [3.05, 3.63) is 53.6 Å². The van der Waals surface area contributed by atoms with Crippen LogP contribution in [0.1, 0.15) is 11.1 Å². The van der Waals surface area contributed by atoms with Gasteiger partial charge in [-0.05, 0) is 17.7 Å². The Morgan fingerprint density at radius 1 is 1.11 bits per heavy atom. The maximum atomic E-state index is 5.71. The second-order valence-electron chi connectivity index (χ2n) is 6.16. The molecular formula is C19H22N4O3S2. The number of hydrogen-bond donors (Lipinski definition) is 3. The van der Waals surface area contributed by atoms with Crippen LogP contribution in [0.15, 0.2) is 47.5 Å². The summed E-state index contributed by atoms with van der Waals surface area (Å²) in [4.78, 5) is 5.44. The monoisotopic (exact) mass is 418 g/mol. The van der Waals surface area contributed by atoms with E-state index in [0.717, 1.165) is 16.4 Å². The Labute approximate surface area is 173 Å². The number of thiocarbonyl (C=S) groups is 1. The van der Waals surface area contributed by atoms with Crippen molar-refractivity contribution in [1.82, 2.24) is 0 Å². The highest BCUT2D eigenvalue weighted by atomic mass is 32.2.